The number of Topliss-reactive ketones (excluding diaryl/α,β-unsaturated/α-hetero) is 1. The molecule has 1 heterocycles. The van der Waals surface area contributed by atoms with Crippen LogP contribution in [-0.4, -0.2) is 46.5 Å². The van der Waals surface area contributed by atoms with Crippen molar-refractivity contribution >= 4 is 23.8 Å². The first kappa shape index (κ1) is 20.2. The van der Waals surface area contributed by atoms with E-state index in [1.807, 2.05) is 0 Å². The minimum atomic E-state index is -0.702. The van der Waals surface area contributed by atoms with E-state index in [1.54, 1.807) is 20.8 Å². The highest BCUT2D eigenvalue weighted by molar-refractivity contribution is 5.94. The maximum absolute atomic E-state index is 11.7. The first-order chi connectivity index (χ1) is 11.6. The highest BCUT2D eigenvalue weighted by Crippen LogP contribution is 2.11. The van der Waals surface area contributed by atoms with Gasteiger partial charge in [0.25, 0.3) is 0 Å². The molecule has 0 aliphatic carbocycles. The van der Waals surface area contributed by atoms with Gasteiger partial charge in [-0.1, -0.05) is 12.7 Å². The van der Waals surface area contributed by atoms with E-state index in [0.717, 1.165) is 0 Å². The summed E-state index contributed by atoms with van der Waals surface area (Å²) in [6.07, 6.45) is 0.170. The van der Waals surface area contributed by atoms with Crippen LogP contribution >= 0.6 is 0 Å². The summed E-state index contributed by atoms with van der Waals surface area (Å²) in [5.74, 6) is -0.0474. The summed E-state index contributed by atoms with van der Waals surface area (Å²) in [4.78, 5) is 34.8. The van der Waals surface area contributed by atoms with Crippen molar-refractivity contribution in [3.63, 3.8) is 0 Å². The molecule has 0 aliphatic heterocycles. The number of anilines is 1. The third kappa shape index (κ3) is 7.51. The third-order valence-electron chi connectivity index (χ3n) is 2.69. The Morgan fingerprint density at radius 3 is 2.56 bits per heavy atom. The Kier molecular flexibility index (Phi) is 7.16. The van der Waals surface area contributed by atoms with Crippen molar-refractivity contribution in [2.24, 2.45) is 0 Å². The van der Waals surface area contributed by atoms with E-state index in [4.69, 9.17) is 9.47 Å². The number of alkyl carbamates (subject to hydrolysis) is 1. The van der Waals surface area contributed by atoms with Crippen LogP contribution < -0.4 is 10.6 Å². The fourth-order valence-corrected chi connectivity index (χ4v) is 1.79. The van der Waals surface area contributed by atoms with Gasteiger partial charge in [-0.3, -0.25) is 14.8 Å². The molecule has 0 spiro atoms. The lowest BCUT2D eigenvalue weighted by atomic mass is 10.2. The number of aromatic nitrogens is 2. The fourth-order valence-electron chi connectivity index (χ4n) is 1.79. The Balaban J connectivity index is 2.66. The number of rotatable bonds is 7. The summed E-state index contributed by atoms with van der Waals surface area (Å²) >= 11 is 0. The van der Waals surface area contributed by atoms with Crippen LogP contribution in [0, 0.1) is 0 Å². The Labute approximate surface area is 146 Å². The van der Waals surface area contributed by atoms with Crippen LogP contribution in [0.2, 0.25) is 0 Å². The van der Waals surface area contributed by atoms with E-state index < -0.39 is 17.8 Å². The molecule has 1 aromatic rings. The second-order valence-electron chi connectivity index (χ2n) is 6.13. The number of hydrogen-bond acceptors (Lipinski definition) is 6. The first-order valence-electron chi connectivity index (χ1n) is 7.72. The molecule has 9 heteroatoms. The van der Waals surface area contributed by atoms with Gasteiger partial charge in [-0.05, 0) is 20.8 Å². The molecule has 25 heavy (non-hydrogen) atoms. The smallest absolute Gasteiger partial charge is 0.413 e. The summed E-state index contributed by atoms with van der Waals surface area (Å²) in [5.41, 5.74) is -0.298. The number of carbonyl (C=O) groups is 3. The van der Waals surface area contributed by atoms with Crippen LogP contribution in [0.1, 0.15) is 38.2 Å². The molecule has 0 atom stereocenters. The molecule has 0 aromatic carbocycles. The van der Waals surface area contributed by atoms with Crippen LogP contribution in [0.4, 0.5) is 15.4 Å². The van der Waals surface area contributed by atoms with E-state index in [1.165, 1.54) is 23.7 Å². The molecule has 138 valence electrons. The van der Waals surface area contributed by atoms with E-state index in [0.29, 0.717) is 5.69 Å². The lowest BCUT2D eigenvalue weighted by molar-refractivity contribution is 0.0525. The zero-order chi connectivity index (χ0) is 19.0. The summed E-state index contributed by atoms with van der Waals surface area (Å²) in [6, 6.07) is 1.44. The highest BCUT2D eigenvalue weighted by atomic mass is 16.6. The van der Waals surface area contributed by atoms with Crippen LogP contribution in [0.3, 0.4) is 0 Å². The summed E-state index contributed by atoms with van der Waals surface area (Å²) < 4.78 is 11.3. The van der Waals surface area contributed by atoms with Crippen molar-refractivity contribution in [2.75, 3.05) is 18.5 Å². The minimum absolute atomic E-state index is 0.0614. The summed E-state index contributed by atoms with van der Waals surface area (Å²) in [6.45, 7) is 10.6. The van der Waals surface area contributed by atoms with Gasteiger partial charge in [0.15, 0.2) is 11.6 Å². The van der Waals surface area contributed by atoms with Gasteiger partial charge in [-0.25, -0.2) is 9.59 Å². The van der Waals surface area contributed by atoms with Gasteiger partial charge in [0.2, 0.25) is 0 Å². The van der Waals surface area contributed by atoms with Crippen molar-refractivity contribution < 1.29 is 23.9 Å². The average molecular weight is 352 g/mol. The fraction of sp³-hybridized carbons (Fsp3) is 0.500. The number of nitrogens with zero attached hydrogens (tertiary/aromatic N) is 2. The largest absolute Gasteiger partial charge is 0.445 e. The van der Waals surface area contributed by atoms with Crippen molar-refractivity contribution in [1.82, 2.24) is 15.1 Å². The summed E-state index contributed by atoms with van der Waals surface area (Å²) in [7, 11) is 0. The van der Waals surface area contributed by atoms with Gasteiger partial charge in [0.1, 0.15) is 17.9 Å². The topological polar surface area (TPSA) is 112 Å². The Hall–Kier alpha value is -2.84. The predicted octanol–water partition coefficient (Wildman–Crippen LogP) is 2.34. The monoisotopic (exact) mass is 352 g/mol. The first-order valence-corrected chi connectivity index (χ1v) is 7.72. The SMILES string of the molecule is C=CCOC(=O)Nc1cc(C(C)=O)n(CCNC(=O)OC(C)(C)C)n1. The number of nitrogens with one attached hydrogen (secondary N) is 2. The van der Waals surface area contributed by atoms with E-state index in [2.05, 4.69) is 22.3 Å². The number of amides is 2. The molecular formula is C16H24N4O5. The van der Waals surface area contributed by atoms with Crippen LogP contribution in [0.15, 0.2) is 18.7 Å². The molecule has 1 rings (SSSR count). The molecule has 2 amide bonds. The molecule has 0 unspecified atom stereocenters. The molecule has 0 fully saturated rings. The number of ketones is 1. The van der Waals surface area contributed by atoms with Crippen LogP contribution in [0.25, 0.3) is 0 Å². The van der Waals surface area contributed by atoms with Gasteiger partial charge in [0.05, 0.1) is 6.54 Å². The van der Waals surface area contributed by atoms with Gasteiger partial charge < -0.3 is 14.8 Å². The lowest BCUT2D eigenvalue weighted by Crippen LogP contribution is -2.34. The quantitative estimate of drug-likeness (QED) is 0.575. The summed E-state index contributed by atoms with van der Waals surface area (Å²) in [5, 5.41) is 9.11. The molecule has 2 N–H and O–H groups in total. The maximum Gasteiger partial charge on any atom is 0.413 e. The number of ether oxygens (including phenoxy) is 2. The van der Waals surface area contributed by atoms with Crippen molar-refractivity contribution in [2.45, 2.75) is 39.8 Å². The van der Waals surface area contributed by atoms with Crippen molar-refractivity contribution in [3.05, 3.63) is 24.4 Å². The second-order valence-corrected chi connectivity index (χ2v) is 6.13. The Morgan fingerprint density at radius 2 is 2.00 bits per heavy atom. The predicted molar refractivity (Wildman–Crippen MR) is 91.6 cm³/mol. The van der Waals surface area contributed by atoms with E-state index >= 15 is 0 Å². The minimum Gasteiger partial charge on any atom is -0.445 e. The average Bonchev–Trinajstić information content (AvgIpc) is 2.86. The van der Waals surface area contributed by atoms with Crippen LogP contribution in [-0.2, 0) is 16.0 Å². The zero-order valence-electron chi connectivity index (χ0n) is 14.9. The molecule has 0 saturated heterocycles. The number of carbonyl (C=O) groups excluding carboxylic acids is 3. The molecular weight excluding hydrogens is 328 g/mol. The molecule has 9 nitrogen and oxygen atoms in total. The normalized spacial score (nSPS) is 10.7. The molecule has 0 saturated carbocycles. The van der Waals surface area contributed by atoms with E-state index in [-0.39, 0.29) is 31.3 Å². The Bertz CT molecular complexity index is 645. The van der Waals surface area contributed by atoms with E-state index in [9.17, 15) is 14.4 Å². The standard InChI is InChI=1S/C16H24N4O5/c1-6-9-24-15(23)18-13-10-12(11(2)21)20(19-13)8-7-17-14(22)25-16(3,4)5/h6,10H,1,7-9H2,2-5H3,(H,17,22)(H,18,19,23). The van der Waals surface area contributed by atoms with Crippen LogP contribution in [0.5, 0.6) is 0 Å². The molecule has 0 radical (unpaired) electrons. The lowest BCUT2D eigenvalue weighted by Gasteiger charge is -2.19. The van der Waals surface area contributed by atoms with Gasteiger partial charge in [-0.2, -0.15) is 5.10 Å². The maximum atomic E-state index is 11.7. The highest BCUT2D eigenvalue weighted by Gasteiger charge is 2.17. The van der Waals surface area contributed by atoms with Gasteiger partial charge in [-0.15, -0.1) is 0 Å². The third-order valence-corrected chi connectivity index (χ3v) is 2.69. The Morgan fingerprint density at radius 1 is 1.32 bits per heavy atom. The molecule has 0 bridgehead atoms. The van der Waals surface area contributed by atoms with Gasteiger partial charge in [0, 0.05) is 19.5 Å². The molecule has 0 aliphatic rings. The zero-order valence-corrected chi connectivity index (χ0v) is 14.9. The van der Waals surface area contributed by atoms with Crippen molar-refractivity contribution in [3.8, 4) is 0 Å². The second kappa shape index (κ2) is 8.86. The number of hydrogen-bond donors (Lipinski definition) is 2. The van der Waals surface area contributed by atoms with Crippen molar-refractivity contribution in [1.29, 1.82) is 0 Å². The molecule has 1 aromatic heterocycles. The van der Waals surface area contributed by atoms with Gasteiger partial charge >= 0.3 is 12.2 Å².